The lowest BCUT2D eigenvalue weighted by atomic mass is 9.75. The van der Waals surface area contributed by atoms with Crippen LogP contribution in [0.5, 0.6) is 17.2 Å². The minimum Gasteiger partial charge on any atom is -0.508 e. The van der Waals surface area contributed by atoms with E-state index in [1.807, 2.05) is 42.5 Å². The molecule has 6 heteroatoms. The van der Waals surface area contributed by atoms with Crippen molar-refractivity contribution in [2.45, 2.75) is 24.7 Å². The highest BCUT2D eigenvalue weighted by atomic mass is 16.5. The van der Waals surface area contributed by atoms with Crippen LogP contribution in [-0.4, -0.2) is 29.3 Å². The molecule has 6 nitrogen and oxygen atoms in total. The van der Waals surface area contributed by atoms with Crippen LogP contribution < -0.4 is 9.47 Å². The second kappa shape index (κ2) is 9.14. The number of ether oxygens (including phenoxy) is 2. The van der Waals surface area contributed by atoms with Crippen LogP contribution in [0.1, 0.15) is 35.8 Å². The van der Waals surface area contributed by atoms with Gasteiger partial charge in [0.25, 0.3) is 0 Å². The molecule has 2 aromatic rings. The Balaban J connectivity index is 1.65. The van der Waals surface area contributed by atoms with Gasteiger partial charge in [-0.2, -0.15) is 0 Å². The predicted octanol–water partition coefficient (Wildman–Crippen LogP) is 4.72. The molecular weight excluding hydrogens is 408 g/mol. The number of carbonyl (C=O) groups excluding carboxylic acids is 1. The molecule has 0 saturated heterocycles. The van der Waals surface area contributed by atoms with Crippen molar-refractivity contribution in [1.82, 2.24) is 0 Å². The highest BCUT2D eigenvalue weighted by Crippen LogP contribution is 2.47. The van der Waals surface area contributed by atoms with E-state index in [4.69, 9.17) is 14.6 Å². The van der Waals surface area contributed by atoms with Crippen molar-refractivity contribution in [2.24, 2.45) is 5.92 Å². The number of carboxylic acid groups (broad SMARTS) is 1. The van der Waals surface area contributed by atoms with E-state index in [1.54, 1.807) is 19.3 Å². The van der Waals surface area contributed by atoms with Gasteiger partial charge in [0.2, 0.25) is 0 Å². The topological polar surface area (TPSA) is 93.1 Å². The monoisotopic (exact) mass is 432 g/mol. The van der Waals surface area contributed by atoms with Gasteiger partial charge in [0.15, 0.2) is 0 Å². The van der Waals surface area contributed by atoms with Gasteiger partial charge in [0, 0.05) is 18.1 Å². The minimum atomic E-state index is -0.962. The zero-order chi connectivity index (χ0) is 22.7. The molecule has 0 amide bonds. The molecule has 2 N–H and O–H groups in total. The molecule has 3 atom stereocenters. The first-order valence-corrected chi connectivity index (χ1v) is 10.4. The second-order valence-electron chi connectivity index (χ2n) is 7.94. The van der Waals surface area contributed by atoms with Gasteiger partial charge >= 0.3 is 11.9 Å². The number of benzene rings is 2. The average Bonchev–Trinajstić information content (AvgIpc) is 2.78. The van der Waals surface area contributed by atoms with E-state index in [1.165, 1.54) is 6.07 Å². The van der Waals surface area contributed by atoms with E-state index in [9.17, 15) is 14.7 Å². The van der Waals surface area contributed by atoms with Crippen LogP contribution in [0.25, 0.3) is 0 Å². The fraction of sp³-hybridized carbons (Fsp3) is 0.231. The molecule has 2 aliphatic rings. The lowest BCUT2D eigenvalue weighted by Crippen LogP contribution is -2.30. The summed E-state index contributed by atoms with van der Waals surface area (Å²) in [6.45, 7) is 0. The van der Waals surface area contributed by atoms with Crippen LogP contribution >= 0.6 is 0 Å². The number of esters is 1. The normalized spacial score (nSPS) is 22.2. The third-order valence-electron chi connectivity index (χ3n) is 5.89. The number of carboxylic acids is 1. The summed E-state index contributed by atoms with van der Waals surface area (Å²) in [5, 5.41) is 18.7. The lowest BCUT2D eigenvalue weighted by Gasteiger charge is -2.33. The molecular formula is C26H24O6. The fourth-order valence-electron chi connectivity index (χ4n) is 4.28. The largest absolute Gasteiger partial charge is 0.508 e. The van der Waals surface area contributed by atoms with Gasteiger partial charge in [-0.05, 0) is 48.1 Å². The van der Waals surface area contributed by atoms with Crippen LogP contribution in [0.4, 0.5) is 0 Å². The van der Waals surface area contributed by atoms with Gasteiger partial charge in [-0.3, -0.25) is 4.79 Å². The first kappa shape index (κ1) is 21.4. The van der Waals surface area contributed by atoms with Crippen molar-refractivity contribution >= 4 is 11.9 Å². The zero-order valence-electron chi connectivity index (χ0n) is 17.6. The summed E-state index contributed by atoms with van der Waals surface area (Å²) in [5.74, 6) is -0.836. The number of phenols is 1. The Bertz CT molecular complexity index is 1110. The van der Waals surface area contributed by atoms with Gasteiger partial charge in [-0.25, -0.2) is 4.79 Å². The van der Waals surface area contributed by atoms with E-state index < -0.39 is 11.9 Å². The number of carbonyl (C=O) groups is 2. The number of aromatic hydroxyl groups is 1. The van der Waals surface area contributed by atoms with Gasteiger partial charge < -0.3 is 19.7 Å². The smallest absolute Gasteiger partial charge is 0.327 e. The molecule has 0 fully saturated rings. The van der Waals surface area contributed by atoms with E-state index in [0.29, 0.717) is 24.3 Å². The third kappa shape index (κ3) is 4.59. The summed E-state index contributed by atoms with van der Waals surface area (Å²) in [6, 6.07) is 12.3. The van der Waals surface area contributed by atoms with Gasteiger partial charge in [0.05, 0.1) is 13.0 Å². The lowest BCUT2D eigenvalue weighted by molar-refractivity contribution is -0.138. The highest BCUT2D eigenvalue weighted by Gasteiger charge is 2.39. The Morgan fingerprint density at radius 2 is 2.00 bits per heavy atom. The van der Waals surface area contributed by atoms with Crippen molar-refractivity contribution < 1.29 is 29.3 Å². The fourth-order valence-corrected chi connectivity index (χ4v) is 4.28. The molecule has 2 aromatic carbocycles. The predicted molar refractivity (Wildman–Crippen MR) is 119 cm³/mol. The summed E-state index contributed by atoms with van der Waals surface area (Å²) in [7, 11) is 1.59. The molecule has 1 aliphatic heterocycles. The van der Waals surface area contributed by atoms with E-state index >= 15 is 0 Å². The quantitative estimate of drug-likeness (QED) is 0.390. The summed E-state index contributed by atoms with van der Waals surface area (Å²) in [4.78, 5) is 23.8. The van der Waals surface area contributed by atoms with E-state index in [0.717, 1.165) is 22.8 Å². The summed E-state index contributed by atoms with van der Waals surface area (Å²) >= 11 is 0. The first-order valence-electron chi connectivity index (χ1n) is 10.4. The zero-order valence-corrected chi connectivity index (χ0v) is 17.6. The first-order chi connectivity index (χ1) is 15.4. The van der Waals surface area contributed by atoms with Crippen molar-refractivity contribution in [3.63, 3.8) is 0 Å². The van der Waals surface area contributed by atoms with E-state index in [-0.39, 0.29) is 23.6 Å². The summed E-state index contributed by atoms with van der Waals surface area (Å²) in [6.07, 6.45) is 10.2. The van der Waals surface area contributed by atoms with Gasteiger partial charge in [0.1, 0.15) is 17.2 Å². The number of fused-ring (bicyclic) bond motifs is 1. The number of aliphatic carboxylic acids is 1. The standard InChI is InChI=1S/C26H24O6/c1-31-20-10-7-18(8-11-20)25-22(21-12-9-19(27)15-23(21)32-26(25)30)14-17-4-2-16(3-5-17)6-13-24(28)29/h2,4-13,15-16,22,25,27H,3,14H2,1H3,(H,28,29). The van der Waals surface area contributed by atoms with Crippen LogP contribution in [0.15, 0.2) is 78.4 Å². The maximum absolute atomic E-state index is 13.0. The second-order valence-corrected chi connectivity index (χ2v) is 7.94. The van der Waals surface area contributed by atoms with Crippen LogP contribution in [-0.2, 0) is 9.59 Å². The van der Waals surface area contributed by atoms with Crippen molar-refractivity contribution in [2.75, 3.05) is 7.11 Å². The Morgan fingerprint density at radius 1 is 1.22 bits per heavy atom. The number of allylic oxidation sites excluding steroid dienone is 5. The third-order valence-corrected chi connectivity index (χ3v) is 5.89. The van der Waals surface area contributed by atoms with Crippen molar-refractivity contribution in [3.05, 3.63) is 89.5 Å². The average molecular weight is 432 g/mol. The van der Waals surface area contributed by atoms with Gasteiger partial charge in [-0.15, -0.1) is 0 Å². The molecule has 0 radical (unpaired) electrons. The number of rotatable bonds is 6. The molecule has 164 valence electrons. The maximum atomic E-state index is 13.0. The van der Waals surface area contributed by atoms with Gasteiger partial charge in [-0.1, -0.05) is 48.1 Å². The SMILES string of the molecule is COc1ccc(C2C(=O)Oc3cc(O)ccc3C2CC2=CCC(C=CC(=O)O)C=C2)cc1. The Labute approximate surface area is 186 Å². The molecule has 0 bridgehead atoms. The Kier molecular flexibility index (Phi) is 6.12. The van der Waals surface area contributed by atoms with Crippen LogP contribution in [0.3, 0.4) is 0 Å². The van der Waals surface area contributed by atoms with E-state index in [2.05, 4.69) is 6.08 Å². The van der Waals surface area contributed by atoms with Crippen LogP contribution in [0, 0.1) is 5.92 Å². The number of hydrogen-bond acceptors (Lipinski definition) is 5. The molecule has 0 saturated carbocycles. The molecule has 3 unspecified atom stereocenters. The minimum absolute atomic E-state index is 0.0350. The Hall–Kier alpha value is -3.80. The maximum Gasteiger partial charge on any atom is 0.327 e. The summed E-state index contributed by atoms with van der Waals surface area (Å²) in [5.41, 5.74) is 2.77. The van der Waals surface area contributed by atoms with Crippen molar-refractivity contribution in [1.29, 1.82) is 0 Å². The molecule has 1 heterocycles. The Morgan fingerprint density at radius 3 is 2.66 bits per heavy atom. The number of methoxy groups -OCH3 is 1. The highest BCUT2D eigenvalue weighted by molar-refractivity contribution is 5.84. The molecule has 0 spiro atoms. The number of phenolic OH excluding ortho intramolecular Hbond substituents is 1. The van der Waals surface area contributed by atoms with Crippen molar-refractivity contribution in [3.8, 4) is 17.2 Å². The molecule has 0 aromatic heterocycles. The molecule has 4 rings (SSSR count). The summed E-state index contributed by atoms with van der Waals surface area (Å²) < 4.78 is 10.8. The number of hydrogen-bond donors (Lipinski definition) is 2. The molecule has 1 aliphatic carbocycles. The molecule has 32 heavy (non-hydrogen) atoms. The van der Waals surface area contributed by atoms with Crippen LogP contribution in [0.2, 0.25) is 0 Å².